The van der Waals surface area contributed by atoms with Crippen LogP contribution in [0.25, 0.3) is 52.8 Å². The van der Waals surface area contributed by atoms with Crippen molar-refractivity contribution in [2.45, 2.75) is 105 Å². The van der Waals surface area contributed by atoms with Crippen LogP contribution in [-0.2, 0) is 12.8 Å². The van der Waals surface area contributed by atoms with Gasteiger partial charge in [-0.05, 0) is 85.0 Å². The van der Waals surface area contributed by atoms with E-state index in [1.54, 1.807) is 12.1 Å². The van der Waals surface area contributed by atoms with Crippen LogP contribution in [0.1, 0.15) is 103 Å². The molecule has 0 aliphatic heterocycles. The van der Waals surface area contributed by atoms with Crippen LogP contribution >= 0.6 is 34.4 Å². The predicted molar refractivity (Wildman–Crippen MR) is 227 cm³/mol. The topological polar surface area (TPSA) is 77.8 Å². The first-order chi connectivity index (χ1) is 25.8. The first-order valence-electron chi connectivity index (χ1n) is 19.4. The molecule has 0 aliphatic rings. The number of nitrogen functional groups attached to an aromatic ring is 2. The van der Waals surface area contributed by atoms with Crippen molar-refractivity contribution in [1.82, 2.24) is 8.75 Å². The van der Waals surface area contributed by atoms with Crippen molar-refractivity contribution in [1.29, 1.82) is 0 Å². The number of unbranched alkanes of at least 4 members (excludes halogenated alkanes) is 2. The number of rotatable bonds is 18. The van der Waals surface area contributed by atoms with Gasteiger partial charge in [-0.1, -0.05) is 103 Å². The Morgan fingerprint density at radius 2 is 0.981 bits per heavy atom. The number of nitrogens with two attached hydrogens (primary N) is 2. The molecule has 0 saturated heterocycles. The monoisotopic (exact) mass is 770 g/mol. The molecule has 9 heteroatoms. The number of hydrogen-bond donors (Lipinski definition) is 2. The van der Waals surface area contributed by atoms with Crippen LogP contribution in [-0.4, -0.2) is 8.75 Å². The Morgan fingerprint density at radius 1 is 0.566 bits per heavy atom. The van der Waals surface area contributed by atoms with Crippen LogP contribution < -0.4 is 11.5 Å². The summed E-state index contributed by atoms with van der Waals surface area (Å²) in [6.07, 6.45) is 13.7. The van der Waals surface area contributed by atoms with Crippen LogP contribution in [0.4, 0.5) is 20.2 Å². The van der Waals surface area contributed by atoms with Gasteiger partial charge in [-0.15, -0.1) is 22.7 Å². The third kappa shape index (κ3) is 8.84. The van der Waals surface area contributed by atoms with Gasteiger partial charge in [0.1, 0.15) is 22.7 Å². The van der Waals surface area contributed by atoms with Crippen LogP contribution in [0.5, 0.6) is 0 Å². The first kappa shape index (κ1) is 39.0. The van der Waals surface area contributed by atoms with Crippen molar-refractivity contribution in [2.24, 2.45) is 11.8 Å². The Balaban J connectivity index is 1.23. The van der Waals surface area contributed by atoms with Crippen LogP contribution in [0, 0.1) is 23.5 Å². The van der Waals surface area contributed by atoms with Crippen molar-refractivity contribution in [2.75, 3.05) is 11.5 Å². The third-order valence-corrected chi connectivity index (χ3v) is 13.7. The van der Waals surface area contributed by atoms with Crippen molar-refractivity contribution in [3.63, 3.8) is 0 Å². The lowest BCUT2D eigenvalue weighted by molar-refractivity contribution is 0.421. The molecule has 3 aromatic carbocycles. The summed E-state index contributed by atoms with van der Waals surface area (Å²) in [5.74, 6) is 0.940. The second-order valence-electron chi connectivity index (χ2n) is 14.4. The second kappa shape index (κ2) is 18.1. The molecule has 0 fully saturated rings. The molecule has 3 heterocycles. The van der Waals surface area contributed by atoms with Crippen molar-refractivity contribution in [3.05, 3.63) is 83.4 Å². The highest BCUT2D eigenvalue weighted by Gasteiger charge is 2.24. The van der Waals surface area contributed by atoms with Crippen molar-refractivity contribution in [3.8, 4) is 41.8 Å². The fraction of sp³-hybridized carbons (Fsp3) is 0.409. The summed E-state index contributed by atoms with van der Waals surface area (Å²) in [5, 5.41) is 0. The quantitative estimate of drug-likeness (QED) is 0.0853. The number of thiophene rings is 2. The average Bonchev–Trinajstić information content (AvgIpc) is 3.95. The molecular weight excluding hydrogens is 719 g/mol. The number of halogens is 2. The lowest BCUT2D eigenvalue weighted by Crippen LogP contribution is -2.01. The minimum Gasteiger partial charge on any atom is -0.396 e. The Labute approximate surface area is 326 Å². The molecule has 0 aliphatic carbocycles. The highest BCUT2D eigenvalue weighted by Crippen LogP contribution is 2.49. The third-order valence-electron chi connectivity index (χ3n) is 10.9. The standard InChI is InChI=1S/C44H52F2N4S3/c1-5-9-11-27(7-3)13-15-29-17-19-31(33(45)25-29)35-21-23-37(51-35)39-41(47)42(48)40(44-43(39)49-53-50-44)38-24-22-36(52-38)32-20-18-30(26-34(32)46)16-14-28(8-4)12-10-6-2/h17-28H,5-16,47-48H2,1-4H3. The number of nitrogens with zero attached hydrogens (tertiary/aromatic N) is 2. The molecule has 3 aromatic heterocycles. The maximum atomic E-state index is 15.5. The molecule has 2 atom stereocenters. The van der Waals surface area contributed by atoms with E-state index in [1.165, 1.54) is 61.2 Å². The highest BCUT2D eigenvalue weighted by molar-refractivity contribution is 7.19. The highest BCUT2D eigenvalue weighted by atomic mass is 32.1. The molecule has 0 radical (unpaired) electrons. The fourth-order valence-electron chi connectivity index (χ4n) is 7.43. The second-order valence-corrected chi connectivity index (χ2v) is 17.1. The van der Waals surface area contributed by atoms with Gasteiger partial charge >= 0.3 is 0 Å². The molecule has 6 rings (SSSR count). The summed E-state index contributed by atoms with van der Waals surface area (Å²) in [4.78, 5) is 3.33. The maximum Gasteiger partial charge on any atom is 0.132 e. The van der Waals surface area contributed by atoms with E-state index in [0.717, 1.165) is 80.9 Å². The molecular formula is C44H52F2N4S3. The Morgan fingerprint density at radius 3 is 1.36 bits per heavy atom. The lowest BCUT2D eigenvalue weighted by atomic mass is 9.92. The number of fused-ring (bicyclic) bond motifs is 1. The summed E-state index contributed by atoms with van der Waals surface area (Å²) in [6.45, 7) is 8.96. The Kier molecular flexibility index (Phi) is 13.3. The van der Waals surface area contributed by atoms with Crippen molar-refractivity contribution < 1.29 is 8.78 Å². The van der Waals surface area contributed by atoms with Gasteiger partial charge in [-0.2, -0.15) is 8.75 Å². The smallest absolute Gasteiger partial charge is 0.132 e. The van der Waals surface area contributed by atoms with E-state index in [4.69, 9.17) is 11.5 Å². The predicted octanol–water partition coefficient (Wildman–Crippen LogP) is 14.2. The summed E-state index contributed by atoms with van der Waals surface area (Å²) < 4.78 is 40.4. The SMILES string of the molecule is CCCCC(CC)CCc1ccc(-c2ccc(-c3c(N)c(N)c(-c4ccc(-c5ccc(CCC(CC)CCCC)cc5F)s4)c4nsnc34)s2)c(F)c1. The van der Waals surface area contributed by atoms with E-state index in [0.29, 0.717) is 56.5 Å². The van der Waals surface area contributed by atoms with E-state index < -0.39 is 0 Å². The molecule has 0 bridgehead atoms. The van der Waals surface area contributed by atoms with Gasteiger partial charge in [-0.25, -0.2) is 8.78 Å². The van der Waals surface area contributed by atoms with E-state index in [1.807, 2.05) is 36.4 Å². The van der Waals surface area contributed by atoms with E-state index in [-0.39, 0.29) is 11.6 Å². The number of benzene rings is 3. The first-order valence-corrected chi connectivity index (χ1v) is 21.7. The van der Waals surface area contributed by atoms with Crippen LogP contribution in [0.2, 0.25) is 0 Å². The summed E-state index contributed by atoms with van der Waals surface area (Å²) in [6, 6.07) is 19.1. The minimum absolute atomic E-state index is 0.215. The molecule has 4 nitrogen and oxygen atoms in total. The zero-order chi connectivity index (χ0) is 37.5. The Bertz CT molecular complexity index is 1980. The largest absolute Gasteiger partial charge is 0.396 e. The molecule has 0 saturated carbocycles. The summed E-state index contributed by atoms with van der Waals surface area (Å²) in [7, 11) is 0. The summed E-state index contributed by atoms with van der Waals surface area (Å²) >= 11 is 4.04. The minimum atomic E-state index is -0.215. The van der Waals surface area contributed by atoms with Gasteiger partial charge in [0.25, 0.3) is 0 Å². The number of aryl methyl sites for hydroxylation is 2. The molecule has 2 unspecified atom stereocenters. The molecule has 53 heavy (non-hydrogen) atoms. The number of aromatic nitrogens is 2. The Hall–Kier alpha value is -3.66. The van der Waals surface area contributed by atoms with Crippen LogP contribution in [0.15, 0.2) is 60.7 Å². The summed E-state index contributed by atoms with van der Waals surface area (Å²) in [5.41, 5.74) is 20.4. The molecule has 0 amide bonds. The maximum absolute atomic E-state index is 15.5. The van der Waals surface area contributed by atoms with Gasteiger partial charge in [0.05, 0.1) is 23.1 Å². The van der Waals surface area contributed by atoms with E-state index >= 15 is 8.78 Å². The number of hydrogen-bond acceptors (Lipinski definition) is 7. The normalized spacial score (nSPS) is 12.9. The van der Waals surface area contributed by atoms with Crippen molar-refractivity contribution >= 4 is 56.8 Å². The zero-order valence-corrected chi connectivity index (χ0v) is 33.9. The van der Waals surface area contributed by atoms with Gasteiger partial charge < -0.3 is 11.5 Å². The van der Waals surface area contributed by atoms with Gasteiger partial charge in [0, 0.05) is 41.8 Å². The van der Waals surface area contributed by atoms with Gasteiger partial charge in [0.15, 0.2) is 0 Å². The molecule has 6 aromatic rings. The van der Waals surface area contributed by atoms with Gasteiger partial charge in [0.2, 0.25) is 0 Å². The van der Waals surface area contributed by atoms with E-state index in [9.17, 15) is 0 Å². The number of anilines is 2. The molecule has 0 spiro atoms. The molecule has 4 N–H and O–H groups in total. The van der Waals surface area contributed by atoms with Crippen LogP contribution in [0.3, 0.4) is 0 Å². The fourth-order valence-corrected chi connectivity index (χ4v) is 10.2. The average molecular weight is 771 g/mol. The lowest BCUT2D eigenvalue weighted by Gasteiger charge is -2.14. The molecule has 280 valence electrons. The van der Waals surface area contributed by atoms with E-state index in [2.05, 4.69) is 48.6 Å². The van der Waals surface area contributed by atoms with Gasteiger partial charge in [-0.3, -0.25) is 0 Å². The zero-order valence-electron chi connectivity index (χ0n) is 31.4.